The Labute approximate surface area is 116 Å². The van der Waals surface area contributed by atoms with Crippen LogP contribution in [-0.4, -0.2) is 16.5 Å². The van der Waals surface area contributed by atoms with Crippen LogP contribution in [0.1, 0.15) is 51.4 Å². The molecule has 19 heavy (non-hydrogen) atoms. The summed E-state index contributed by atoms with van der Waals surface area (Å²) < 4.78 is 0. The van der Waals surface area contributed by atoms with E-state index in [-0.39, 0.29) is 0 Å². The molecule has 0 unspecified atom stereocenters. The van der Waals surface area contributed by atoms with Crippen LogP contribution in [0.2, 0.25) is 0 Å². The Morgan fingerprint density at radius 2 is 1.89 bits per heavy atom. The molecule has 0 atom stereocenters. The lowest BCUT2D eigenvalue weighted by molar-refractivity contribution is 0.566. The summed E-state index contributed by atoms with van der Waals surface area (Å²) in [6.07, 6.45) is 4.27. The molecule has 0 saturated carbocycles. The number of anilines is 2. The van der Waals surface area contributed by atoms with Gasteiger partial charge in [-0.3, -0.25) is 0 Å². The summed E-state index contributed by atoms with van der Waals surface area (Å²) in [4.78, 5) is 8.98. The minimum atomic E-state index is 0.713. The zero-order chi connectivity index (χ0) is 14.3. The third-order valence-corrected chi connectivity index (χ3v) is 3.05. The molecule has 0 aromatic carbocycles. The van der Waals surface area contributed by atoms with E-state index in [9.17, 15) is 0 Å². The van der Waals surface area contributed by atoms with Crippen LogP contribution in [0, 0.1) is 12.8 Å². The second kappa shape index (κ2) is 7.94. The Bertz CT molecular complexity index is 390. The number of rotatable bonds is 8. The molecular weight excluding hydrogens is 238 g/mol. The molecule has 4 N–H and O–H groups in total. The van der Waals surface area contributed by atoms with Crippen molar-refractivity contribution >= 4 is 11.6 Å². The monoisotopic (exact) mass is 265 g/mol. The van der Waals surface area contributed by atoms with Crippen LogP contribution in [0.5, 0.6) is 0 Å². The highest BCUT2D eigenvalue weighted by atomic mass is 15.3. The first-order chi connectivity index (χ1) is 9.08. The molecule has 5 heteroatoms. The third-order valence-electron chi connectivity index (χ3n) is 3.05. The van der Waals surface area contributed by atoms with Gasteiger partial charge in [-0.2, -0.15) is 0 Å². The number of nitrogens with one attached hydrogen (secondary N) is 2. The van der Waals surface area contributed by atoms with Gasteiger partial charge in [0, 0.05) is 18.5 Å². The maximum absolute atomic E-state index is 5.51. The molecule has 0 bridgehead atoms. The van der Waals surface area contributed by atoms with Crippen LogP contribution >= 0.6 is 0 Å². The van der Waals surface area contributed by atoms with Crippen molar-refractivity contribution in [1.29, 1.82) is 0 Å². The van der Waals surface area contributed by atoms with Crippen LogP contribution in [0.3, 0.4) is 0 Å². The number of aromatic nitrogens is 2. The predicted molar refractivity (Wildman–Crippen MR) is 81.1 cm³/mol. The molecule has 0 spiro atoms. The molecule has 0 amide bonds. The van der Waals surface area contributed by atoms with E-state index in [1.807, 2.05) is 6.92 Å². The minimum absolute atomic E-state index is 0.713. The molecule has 0 radical (unpaired) electrons. The van der Waals surface area contributed by atoms with E-state index < -0.39 is 0 Å². The van der Waals surface area contributed by atoms with Crippen molar-refractivity contribution in [2.45, 2.75) is 53.4 Å². The van der Waals surface area contributed by atoms with Crippen molar-refractivity contribution in [2.75, 3.05) is 17.3 Å². The topological polar surface area (TPSA) is 75.9 Å². The summed E-state index contributed by atoms with van der Waals surface area (Å²) in [5.74, 6) is 8.70. The van der Waals surface area contributed by atoms with E-state index in [1.165, 1.54) is 6.42 Å². The Morgan fingerprint density at radius 1 is 1.21 bits per heavy atom. The Kier molecular flexibility index (Phi) is 6.56. The van der Waals surface area contributed by atoms with E-state index in [0.717, 1.165) is 48.9 Å². The molecule has 1 aromatic rings. The normalized spacial score (nSPS) is 10.8. The molecule has 0 aliphatic carbocycles. The molecule has 0 aliphatic heterocycles. The second-order valence-electron chi connectivity index (χ2n) is 5.32. The lowest BCUT2D eigenvalue weighted by Crippen LogP contribution is -2.15. The van der Waals surface area contributed by atoms with Gasteiger partial charge < -0.3 is 10.7 Å². The molecule has 0 saturated heterocycles. The largest absolute Gasteiger partial charge is 0.370 e. The Morgan fingerprint density at radius 3 is 2.47 bits per heavy atom. The van der Waals surface area contributed by atoms with E-state index in [4.69, 9.17) is 5.84 Å². The van der Waals surface area contributed by atoms with E-state index in [0.29, 0.717) is 5.82 Å². The number of hydrogen-bond donors (Lipinski definition) is 3. The number of aryl methyl sites for hydroxylation is 1. The highest BCUT2D eigenvalue weighted by molar-refractivity contribution is 5.56. The van der Waals surface area contributed by atoms with E-state index >= 15 is 0 Å². The van der Waals surface area contributed by atoms with Crippen LogP contribution in [-0.2, 0) is 6.42 Å². The average Bonchev–Trinajstić information content (AvgIpc) is 2.37. The third kappa shape index (κ3) is 5.03. The summed E-state index contributed by atoms with van der Waals surface area (Å²) in [6, 6.07) is 0. The van der Waals surface area contributed by atoms with Gasteiger partial charge in [0.05, 0.1) is 0 Å². The summed E-state index contributed by atoms with van der Waals surface area (Å²) in [5.41, 5.74) is 3.63. The second-order valence-corrected chi connectivity index (χ2v) is 5.32. The minimum Gasteiger partial charge on any atom is -0.370 e. The van der Waals surface area contributed by atoms with Crippen molar-refractivity contribution in [3.05, 3.63) is 11.4 Å². The van der Waals surface area contributed by atoms with Gasteiger partial charge in [-0.25, -0.2) is 15.8 Å². The molecular formula is C14H27N5. The molecule has 1 heterocycles. The van der Waals surface area contributed by atoms with Gasteiger partial charge in [0.15, 0.2) is 0 Å². The van der Waals surface area contributed by atoms with E-state index in [2.05, 4.69) is 41.5 Å². The van der Waals surface area contributed by atoms with Crippen molar-refractivity contribution in [3.63, 3.8) is 0 Å². The fraction of sp³-hybridized carbons (Fsp3) is 0.714. The highest BCUT2D eigenvalue weighted by Gasteiger charge is 2.09. The standard InChI is InChI=1S/C14H27N5/c1-5-7-12-17-13(11(4)14(18-12)19-15)16-9-6-8-10(2)3/h10H,5-9,15H2,1-4H3,(H2,16,17,18,19). The zero-order valence-electron chi connectivity index (χ0n) is 12.6. The first-order valence-electron chi connectivity index (χ1n) is 7.16. The SMILES string of the molecule is CCCc1nc(NN)c(C)c(NCCCC(C)C)n1. The summed E-state index contributed by atoms with van der Waals surface area (Å²) in [6.45, 7) is 9.52. The van der Waals surface area contributed by atoms with Gasteiger partial charge in [-0.1, -0.05) is 20.8 Å². The first kappa shape index (κ1) is 15.7. The summed E-state index contributed by atoms with van der Waals surface area (Å²) in [5, 5.41) is 3.40. The van der Waals surface area contributed by atoms with Crippen LogP contribution < -0.4 is 16.6 Å². The van der Waals surface area contributed by atoms with Gasteiger partial charge in [-0.15, -0.1) is 0 Å². The number of nitrogen functional groups attached to an aromatic ring is 1. The molecule has 1 aromatic heterocycles. The number of nitrogens with two attached hydrogens (primary N) is 1. The maximum Gasteiger partial charge on any atom is 0.148 e. The highest BCUT2D eigenvalue weighted by Crippen LogP contribution is 2.20. The number of hydrazine groups is 1. The molecule has 0 fully saturated rings. The van der Waals surface area contributed by atoms with Crippen LogP contribution in [0.4, 0.5) is 11.6 Å². The van der Waals surface area contributed by atoms with Gasteiger partial charge >= 0.3 is 0 Å². The molecule has 0 aliphatic rings. The number of nitrogens with zero attached hydrogens (tertiary/aromatic N) is 2. The van der Waals surface area contributed by atoms with Crippen molar-refractivity contribution in [3.8, 4) is 0 Å². The van der Waals surface area contributed by atoms with Gasteiger partial charge in [0.1, 0.15) is 17.5 Å². The molecule has 1 rings (SSSR count). The quantitative estimate of drug-likeness (QED) is 0.383. The number of hydrogen-bond acceptors (Lipinski definition) is 5. The average molecular weight is 265 g/mol. The Balaban J connectivity index is 2.71. The van der Waals surface area contributed by atoms with Crippen molar-refractivity contribution in [2.24, 2.45) is 11.8 Å². The van der Waals surface area contributed by atoms with Crippen molar-refractivity contribution in [1.82, 2.24) is 9.97 Å². The smallest absolute Gasteiger partial charge is 0.148 e. The van der Waals surface area contributed by atoms with Crippen molar-refractivity contribution < 1.29 is 0 Å². The molecule has 108 valence electrons. The van der Waals surface area contributed by atoms with Crippen LogP contribution in [0.25, 0.3) is 0 Å². The zero-order valence-corrected chi connectivity index (χ0v) is 12.6. The van der Waals surface area contributed by atoms with E-state index in [1.54, 1.807) is 0 Å². The fourth-order valence-electron chi connectivity index (χ4n) is 1.93. The van der Waals surface area contributed by atoms with Gasteiger partial charge in [0.2, 0.25) is 0 Å². The first-order valence-corrected chi connectivity index (χ1v) is 7.16. The lowest BCUT2D eigenvalue weighted by Gasteiger charge is -2.13. The summed E-state index contributed by atoms with van der Waals surface area (Å²) >= 11 is 0. The van der Waals surface area contributed by atoms with Gasteiger partial charge in [0.25, 0.3) is 0 Å². The molecule has 5 nitrogen and oxygen atoms in total. The fourth-order valence-corrected chi connectivity index (χ4v) is 1.93. The predicted octanol–water partition coefficient (Wildman–Crippen LogP) is 2.87. The maximum atomic E-state index is 5.51. The lowest BCUT2D eigenvalue weighted by atomic mass is 10.1. The Hall–Kier alpha value is -1.36. The van der Waals surface area contributed by atoms with Crippen LogP contribution in [0.15, 0.2) is 0 Å². The summed E-state index contributed by atoms with van der Waals surface area (Å²) in [7, 11) is 0. The van der Waals surface area contributed by atoms with Gasteiger partial charge in [-0.05, 0) is 32.1 Å².